The average Bonchev–Trinajstić information content (AvgIpc) is 2.29. The van der Waals surface area contributed by atoms with Crippen molar-refractivity contribution in [3.05, 3.63) is 17.0 Å². The van der Waals surface area contributed by atoms with Crippen molar-refractivity contribution >= 4 is 11.6 Å². The van der Waals surface area contributed by atoms with Gasteiger partial charge in [0, 0.05) is 20.1 Å². The molecule has 0 fully saturated rings. The molecule has 0 aromatic carbocycles. The fourth-order valence-electron chi connectivity index (χ4n) is 1.33. The van der Waals surface area contributed by atoms with Gasteiger partial charge in [0.1, 0.15) is 11.5 Å². The Kier molecular flexibility index (Phi) is 6.11. The summed E-state index contributed by atoms with van der Waals surface area (Å²) in [6.45, 7) is 3.35. The quantitative estimate of drug-likeness (QED) is 0.546. The fourth-order valence-corrected chi connectivity index (χ4v) is 1.55. The van der Waals surface area contributed by atoms with Gasteiger partial charge in [0.25, 0.3) is 0 Å². The van der Waals surface area contributed by atoms with E-state index < -0.39 is 0 Å². The molecule has 0 radical (unpaired) electrons. The molecule has 90 valence electrons. The van der Waals surface area contributed by atoms with Crippen LogP contribution in [-0.2, 0) is 11.2 Å². The van der Waals surface area contributed by atoms with Crippen LogP contribution in [0.2, 0.25) is 5.15 Å². The number of rotatable bonds is 7. The summed E-state index contributed by atoms with van der Waals surface area (Å²) >= 11 is 5.99. The van der Waals surface area contributed by atoms with Gasteiger partial charge in [-0.2, -0.15) is 0 Å². The van der Waals surface area contributed by atoms with Crippen molar-refractivity contribution in [3.63, 3.8) is 0 Å². The van der Waals surface area contributed by atoms with Crippen molar-refractivity contribution in [2.24, 2.45) is 0 Å². The summed E-state index contributed by atoms with van der Waals surface area (Å²) in [5.74, 6) is 0.595. The van der Waals surface area contributed by atoms with Crippen molar-refractivity contribution in [2.45, 2.75) is 26.2 Å². The Hall–Kier alpha value is -0.870. The first-order valence-electron chi connectivity index (χ1n) is 5.40. The van der Waals surface area contributed by atoms with Crippen LogP contribution in [0, 0.1) is 0 Å². The second-order valence-corrected chi connectivity index (χ2v) is 3.75. The highest BCUT2D eigenvalue weighted by Gasteiger charge is 2.09. The Bertz CT molecular complexity index is 321. The summed E-state index contributed by atoms with van der Waals surface area (Å²) in [5, 5.41) is 0.485. The van der Waals surface area contributed by atoms with Crippen LogP contribution in [-0.4, -0.2) is 30.3 Å². The van der Waals surface area contributed by atoms with Crippen LogP contribution in [0.4, 0.5) is 0 Å². The zero-order chi connectivity index (χ0) is 11.8. The van der Waals surface area contributed by atoms with Gasteiger partial charge in [0.15, 0.2) is 0 Å². The van der Waals surface area contributed by atoms with Gasteiger partial charge < -0.3 is 9.47 Å². The van der Waals surface area contributed by atoms with Gasteiger partial charge in [-0.25, -0.2) is 9.97 Å². The van der Waals surface area contributed by atoms with Gasteiger partial charge in [-0.3, -0.25) is 0 Å². The van der Waals surface area contributed by atoms with Crippen LogP contribution in [0.1, 0.15) is 25.3 Å². The Morgan fingerprint density at radius 1 is 1.31 bits per heavy atom. The summed E-state index contributed by atoms with van der Waals surface area (Å²) in [5.41, 5.74) is 0.893. The first-order chi connectivity index (χ1) is 7.79. The fraction of sp³-hybridized carbons (Fsp3) is 0.636. The van der Waals surface area contributed by atoms with E-state index in [4.69, 9.17) is 21.1 Å². The first-order valence-corrected chi connectivity index (χ1v) is 5.78. The number of halogens is 1. The number of nitrogens with zero attached hydrogens (tertiary/aromatic N) is 2. The summed E-state index contributed by atoms with van der Waals surface area (Å²) < 4.78 is 10.5. The monoisotopic (exact) mass is 244 g/mol. The summed E-state index contributed by atoms with van der Waals surface area (Å²) in [7, 11) is 1.67. The van der Waals surface area contributed by atoms with E-state index in [0.717, 1.165) is 24.8 Å². The lowest BCUT2D eigenvalue weighted by Gasteiger charge is -2.10. The molecule has 5 heteroatoms. The molecule has 16 heavy (non-hydrogen) atoms. The molecule has 0 saturated carbocycles. The molecule has 1 aromatic rings. The topological polar surface area (TPSA) is 44.2 Å². The third-order valence-electron chi connectivity index (χ3n) is 2.08. The lowest BCUT2D eigenvalue weighted by atomic mass is 10.2. The highest BCUT2D eigenvalue weighted by Crippen LogP contribution is 2.23. The molecule has 0 saturated heterocycles. The normalized spacial score (nSPS) is 10.4. The lowest BCUT2D eigenvalue weighted by Crippen LogP contribution is -2.05. The molecule has 1 heterocycles. The van der Waals surface area contributed by atoms with Crippen LogP contribution in [0.25, 0.3) is 0 Å². The highest BCUT2D eigenvalue weighted by atomic mass is 35.5. The number of hydrogen-bond acceptors (Lipinski definition) is 4. The van der Waals surface area contributed by atoms with Crippen molar-refractivity contribution in [1.82, 2.24) is 9.97 Å². The minimum absolute atomic E-state index is 0.485. The molecule has 0 aliphatic rings. The molecule has 0 aliphatic carbocycles. The number of hydrogen-bond donors (Lipinski definition) is 0. The van der Waals surface area contributed by atoms with E-state index in [2.05, 4.69) is 16.9 Å². The van der Waals surface area contributed by atoms with E-state index in [1.807, 2.05) is 0 Å². The number of aromatic nitrogens is 2. The lowest BCUT2D eigenvalue weighted by molar-refractivity contribution is 0.170. The van der Waals surface area contributed by atoms with Gasteiger partial charge in [-0.05, 0) is 6.42 Å². The molecular formula is C11H17ClN2O2. The minimum atomic E-state index is 0.485. The molecule has 0 spiro atoms. The molecule has 0 atom stereocenters. The second kappa shape index (κ2) is 7.41. The third-order valence-corrected chi connectivity index (χ3v) is 2.41. The molecule has 0 unspecified atom stereocenters. The van der Waals surface area contributed by atoms with E-state index >= 15 is 0 Å². The van der Waals surface area contributed by atoms with Crippen LogP contribution < -0.4 is 4.74 Å². The maximum Gasteiger partial charge on any atom is 0.221 e. The Morgan fingerprint density at radius 3 is 2.81 bits per heavy atom. The van der Waals surface area contributed by atoms with Crippen LogP contribution >= 0.6 is 11.6 Å². The van der Waals surface area contributed by atoms with E-state index in [1.165, 1.54) is 6.33 Å². The molecule has 0 aliphatic heterocycles. The Labute approximate surface area is 101 Å². The van der Waals surface area contributed by atoms with Gasteiger partial charge in [-0.1, -0.05) is 24.9 Å². The van der Waals surface area contributed by atoms with E-state index in [0.29, 0.717) is 24.2 Å². The molecule has 1 aromatic heterocycles. The highest BCUT2D eigenvalue weighted by molar-refractivity contribution is 6.30. The second-order valence-electron chi connectivity index (χ2n) is 3.39. The SMILES string of the molecule is CCCc1c(Cl)ncnc1OCCCOC. The van der Waals surface area contributed by atoms with Gasteiger partial charge in [0.2, 0.25) is 5.88 Å². The predicted molar refractivity (Wildman–Crippen MR) is 63.0 cm³/mol. The van der Waals surface area contributed by atoms with E-state index in [1.54, 1.807) is 7.11 Å². The summed E-state index contributed by atoms with van der Waals surface area (Å²) in [4.78, 5) is 8.05. The van der Waals surface area contributed by atoms with Crippen LogP contribution in [0.5, 0.6) is 5.88 Å². The van der Waals surface area contributed by atoms with Gasteiger partial charge in [-0.15, -0.1) is 0 Å². The third kappa shape index (κ3) is 3.94. The predicted octanol–water partition coefficient (Wildman–Crippen LogP) is 2.50. The maximum atomic E-state index is 5.99. The van der Waals surface area contributed by atoms with Crippen LogP contribution in [0.3, 0.4) is 0 Å². The number of ether oxygens (including phenoxy) is 2. The zero-order valence-electron chi connectivity index (χ0n) is 9.70. The van der Waals surface area contributed by atoms with Gasteiger partial charge >= 0.3 is 0 Å². The smallest absolute Gasteiger partial charge is 0.221 e. The summed E-state index contributed by atoms with van der Waals surface area (Å²) in [6, 6.07) is 0. The molecule has 0 amide bonds. The van der Waals surface area contributed by atoms with E-state index in [9.17, 15) is 0 Å². The minimum Gasteiger partial charge on any atom is -0.477 e. The van der Waals surface area contributed by atoms with Gasteiger partial charge in [0.05, 0.1) is 12.2 Å². The largest absolute Gasteiger partial charge is 0.477 e. The zero-order valence-corrected chi connectivity index (χ0v) is 10.5. The first kappa shape index (κ1) is 13.2. The summed E-state index contributed by atoms with van der Waals surface area (Å²) in [6.07, 6.45) is 4.08. The molecule has 0 bridgehead atoms. The number of methoxy groups -OCH3 is 1. The van der Waals surface area contributed by atoms with E-state index in [-0.39, 0.29) is 0 Å². The average molecular weight is 245 g/mol. The van der Waals surface area contributed by atoms with Crippen molar-refractivity contribution in [2.75, 3.05) is 20.3 Å². The van der Waals surface area contributed by atoms with Crippen LogP contribution in [0.15, 0.2) is 6.33 Å². The Balaban J connectivity index is 2.59. The molecule has 0 N–H and O–H groups in total. The molecule has 1 rings (SSSR count). The Morgan fingerprint density at radius 2 is 2.12 bits per heavy atom. The van der Waals surface area contributed by atoms with Crippen molar-refractivity contribution in [3.8, 4) is 5.88 Å². The van der Waals surface area contributed by atoms with Crippen molar-refractivity contribution in [1.29, 1.82) is 0 Å². The molecular weight excluding hydrogens is 228 g/mol. The maximum absolute atomic E-state index is 5.99. The van der Waals surface area contributed by atoms with Crippen molar-refractivity contribution < 1.29 is 9.47 Å². The standard InChI is InChI=1S/C11H17ClN2O2/c1-3-5-9-10(12)13-8-14-11(9)16-7-4-6-15-2/h8H,3-7H2,1-2H3. The molecule has 4 nitrogen and oxygen atoms in total.